The van der Waals surface area contributed by atoms with E-state index < -0.39 is 23.4 Å². The molecule has 2 aliphatic heterocycles. The maximum atomic E-state index is 12.8. The lowest BCUT2D eigenvalue weighted by Gasteiger charge is -2.35. The van der Waals surface area contributed by atoms with Gasteiger partial charge in [0.1, 0.15) is 5.60 Å². The maximum Gasteiger partial charge on any atom is 0.430 e. The number of nitrogens with zero attached hydrogens (tertiary/aromatic N) is 1. The van der Waals surface area contributed by atoms with Crippen molar-refractivity contribution in [2.24, 2.45) is 0 Å². The molecule has 1 fully saturated rings. The van der Waals surface area contributed by atoms with Crippen molar-refractivity contribution in [1.82, 2.24) is 10.5 Å². The summed E-state index contributed by atoms with van der Waals surface area (Å²) in [5, 5.41) is 4.28. The second kappa shape index (κ2) is 8.84. The minimum atomic E-state index is -4.37. The zero-order valence-electron chi connectivity index (χ0n) is 17.5. The summed E-state index contributed by atoms with van der Waals surface area (Å²) in [6.07, 6.45) is -0.998. The molecule has 1 spiro atoms. The summed E-state index contributed by atoms with van der Waals surface area (Å²) in [7, 11) is 0. The number of aryl methyl sites for hydroxylation is 1. The van der Waals surface area contributed by atoms with Gasteiger partial charge in [-0.05, 0) is 60.7 Å². The molecule has 2 aliphatic rings. The minimum absolute atomic E-state index is 0.459. The van der Waals surface area contributed by atoms with Gasteiger partial charge in [0.25, 0.3) is 0 Å². The Morgan fingerprint density at radius 1 is 1.12 bits per heavy atom. The maximum absolute atomic E-state index is 12.8. The molecule has 0 aromatic heterocycles. The van der Waals surface area contributed by atoms with Crippen molar-refractivity contribution in [1.29, 1.82) is 0 Å². The van der Waals surface area contributed by atoms with Gasteiger partial charge in [-0.2, -0.15) is 13.2 Å². The van der Waals surface area contributed by atoms with Crippen LogP contribution in [0.25, 0.3) is 5.70 Å². The van der Waals surface area contributed by atoms with Crippen molar-refractivity contribution in [2.75, 3.05) is 18.4 Å². The predicted molar refractivity (Wildman–Crippen MR) is 113 cm³/mol. The van der Waals surface area contributed by atoms with E-state index in [9.17, 15) is 18.0 Å². The molecule has 2 aromatic rings. The molecule has 0 atom stereocenters. The van der Waals surface area contributed by atoms with Gasteiger partial charge in [-0.1, -0.05) is 31.2 Å². The van der Waals surface area contributed by atoms with Crippen LogP contribution in [0.3, 0.4) is 0 Å². The molecule has 2 N–H and O–H groups in total. The van der Waals surface area contributed by atoms with Crippen molar-refractivity contribution in [2.45, 2.75) is 38.0 Å². The average Bonchev–Trinajstić information content (AvgIpc) is 3.19. The SMILES string of the molecule is CCc1ccc(NC(=O)ON2CCC3(C=C(c4ccc(C(F)(F)F)cc4)NO3)CC2)cc1. The number of amides is 1. The number of nitrogens with one attached hydrogen (secondary N) is 2. The lowest BCUT2D eigenvalue weighted by Crippen LogP contribution is -2.45. The van der Waals surface area contributed by atoms with Crippen LogP contribution in [0, 0.1) is 0 Å². The molecular formula is C23H24F3N3O3. The molecule has 1 amide bonds. The molecular weight excluding hydrogens is 423 g/mol. The molecule has 0 bridgehead atoms. The molecule has 9 heteroatoms. The minimum Gasteiger partial charge on any atom is -0.351 e. The first-order chi connectivity index (χ1) is 15.3. The van der Waals surface area contributed by atoms with Crippen molar-refractivity contribution < 1.29 is 27.6 Å². The molecule has 32 heavy (non-hydrogen) atoms. The lowest BCUT2D eigenvalue weighted by atomic mass is 9.91. The molecule has 0 aliphatic carbocycles. The fourth-order valence-corrected chi connectivity index (χ4v) is 3.74. The van der Waals surface area contributed by atoms with Gasteiger partial charge in [0, 0.05) is 18.8 Å². The van der Waals surface area contributed by atoms with E-state index in [4.69, 9.17) is 9.68 Å². The highest BCUT2D eigenvalue weighted by Crippen LogP contribution is 2.36. The third-order valence-corrected chi connectivity index (χ3v) is 5.68. The Morgan fingerprint density at radius 3 is 2.38 bits per heavy atom. The van der Waals surface area contributed by atoms with E-state index in [1.165, 1.54) is 17.7 Å². The molecule has 0 radical (unpaired) electrons. The van der Waals surface area contributed by atoms with Crippen LogP contribution in [0.5, 0.6) is 0 Å². The summed E-state index contributed by atoms with van der Waals surface area (Å²) in [6.45, 7) is 2.98. The second-order valence-corrected chi connectivity index (χ2v) is 7.89. The van der Waals surface area contributed by atoms with Gasteiger partial charge >= 0.3 is 12.3 Å². The summed E-state index contributed by atoms with van der Waals surface area (Å²) < 4.78 is 38.3. The summed E-state index contributed by atoms with van der Waals surface area (Å²) >= 11 is 0. The molecule has 2 aromatic carbocycles. The van der Waals surface area contributed by atoms with Gasteiger partial charge in [-0.25, -0.2) is 4.79 Å². The standard InChI is InChI=1S/C23H24F3N3O3/c1-2-16-3-9-19(10-4-16)27-21(30)31-29-13-11-22(12-14-29)15-20(28-32-22)17-5-7-18(8-6-17)23(24,25)26/h3-10,15,28H,2,11-14H2,1H3,(H,27,30). The van der Waals surface area contributed by atoms with Gasteiger partial charge in [0.05, 0.1) is 11.3 Å². The fraction of sp³-hybridized carbons (Fsp3) is 0.348. The summed E-state index contributed by atoms with van der Waals surface area (Å²) in [5.74, 6) is 0. The largest absolute Gasteiger partial charge is 0.430 e. The monoisotopic (exact) mass is 447 g/mol. The first kappa shape index (κ1) is 22.2. The normalized spacial score (nSPS) is 18.2. The fourth-order valence-electron chi connectivity index (χ4n) is 3.74. The van der Waals surface area contributed by atoms with Crippen LogP contribution in [-0.2, 0) is 22.3 Å². The average molecular weight is 447 g/mol. The van der Waals surface area contributed by atoms with E-state index in [1.54, 1.807) is 5.06 Å². The molecule has 170 valence electrons. The van der Waals surface area contributed by atoms with Gasteiger partial charge in [0.2, 0.25) is 0 Å². The second-order valence-electron chi connectivity index (χ2n) is 7.89. The number of carbonyl (C=O) groups is 1. The van der Waals surface area contributed by atoms with Crippen LogP contribution in [0.15, 0.2) is 54.6 Å². The number of alkyl halides is 3. The van der Waals surface area contributed by atoms with Crippen LogP contribution >= 0.6 is 0 Å². The molecule has 0 saturated carbocycles. The first-order valence-electron chi connectivity index (χ1n) is 10.4. The third-order valence-electron chi connectivity index (χ3n) is 5.68. The van der Waals surface area contributed by atoms with Crippen molar-refractivity contribution in [3.05, 3.63) is 71.3 Å². The molecule has 0 unspecified atom stereocenters. The highest BCUT2D eigenvalue weighted by atomic mass is 19.4. The van der Waals surface area contributed by atoms with E-state index in [-0.39, 0.29) is 0 Å². The topological polar surface area (TPSA) is 62.8 Å². The van der Waals surface area contributed by atoms with Gasteiger partial charge < -0.3 is 4.84 Å². The molecule has 2 heterocycles. The number of carbonyl (C=O) groups excluding carboxylic acids is 1. The van der Waals surface area contributed by atoms with Gasteiger partial charge in [-0.15, -0.1) is 5.06 Å². The lowest BCUT2D eigenvalue weighted by molar-refractivity contribution is -0.153. The van der Waals surface area contributed by atoms with E-state index in [1.807, 2.05) is 30.3 Å². The zero-order chi connectivity index (χ0) is 22.8. The number of anilines is 1. The number of rotatable bonds is 4. The van der Waals surface area contributed by atoms with Crippen LogP contribution in [0.2, 0.25) is 0 Å². The quantitative estimate of drug-likeness (QED) is 0.680. The van der Waals surface area contributed by atoms with Crippen molar-refractivity contribution >= 4 is 17.5 Å². The predicted octanol–water partition coefficient (Wildman–Crippen LogP) is 5.14. The highest BCUT2D eigenvalue weighted by Gasteiger charge is 2.40. The Bertz CT molecular complexity index is 980. The number of benzene rings is 2. The van der Waals surface area contributed by atoms with Gasteiger partial charge in [-0.3, -0.25) is 15.6 Å². The van der Waals surface area contributed by atoms with Crippen LogP contribution in [0.1, 0.15) is 36.5 Å². The summed E-state index contributed by atoms with van der Waals surface area (Å²) in [5.41, 5.74) is 4.62. The Hall–Kier alpha value is -3.04. The Balaban J connectivity index is 1.31. The Labute approximate surface area is 183 Å². The first-order valence-corrected chi connectivity index (χ1v) is 10.4. The molecule has 4 rings (SSSR count). The number of hydrogen-bond donors (Lipinski definition) is 2. The Kier molecular flexibility index (Phi) is 6.12. The van der Waals surface area contributed by atoms with E-state index >= 15 is 0 Å². The third kappa shape index (κ3) is 5.05. The van der Waals surface area contributed by atoms with Crippen LogP contribution < -0.4 is 10.8 Å². The molecule has 1 saturated heterocycles. The molecule has 6 nitrogen and oxygen atoms in total. The van der Waals surface area contributed by atoms with Crippen LogP contribution in [0.4, 0.5) is 23.7 Å². The zero-order valence-corrected chi connectivity index (χ0v) is 17.5. The van der Waals surface area contributed by atoms with E-state index in [2.05, 4.69) is 17.7 Å². The van der Waals surface area contributed by atoms with Crippen molar-refractivity contribution in [3.63, 3.8) is 0 Å². The van der Waals surface area contributed by atoms with Gasteiger partial charge in [0.15, 0.2) is 0 Å². The summed E-state index contributed by atoms with van der Waals surface area (Å²) in [4.78, 5) is 23.3. The number of hydroxylamine groups is 3. The summed E-state index contributed by atoms with van der Waals surface area (Å²) in [6, 6.07) is 12.5. The van der Waals surface area contributed by atoms with E-state index in [0.29, 0.717) is 42.9 Å². The van der Waals surface area contributed by atoms with Crippen LogP contribution in [-0.4, -0.2) is 29.8 Å². The smallest absolute Gasteiger partial charge is 0.351 e. The number of hydrogen-bond acceptors (Lipinski definition) is 5. The number of piperidine rings is 1. The number of halogens is 3. The van der Waals surface area contributed by atoms with Crippen molar-refractivity contribution in [3.8, 4) is 0 Å². The van der Waals surface area contributed by atoms with E-state index in [0.717, 1.165) is 18.6 Å². The Morgan fingerprint density at radius 2 is 1.78 bits per heavy atom. The highest BCUT2D eigenvalue weighted by molar-refractivity contribution is 5.84.